The summed E-state index contributed by atoms with van der Waals surface area (Å²) in [4.78, 5) is 6.63. The van der Waals surface area contributed by atoms with Gasteiger partial charge in [0.2, 0.25) is 0 Å². The highest BCUT2D eigenvalue weighted by molar-refractivity contribution is 5.81. The van der Waals surface area contributed by atoms with E-state index in [1.54, 1.807) is 0 Å². The lowest BCUT2D eigenvalue weighted by Gasteiger charge is -2.39. The van der Waals surface area contributed by atoms with Crippen molar-refractivity contribution in [2.75, 3.05) is 7.05 Å². The van der Waals surface area contributed by atoms with E-state index in [1.165, 1.54) is 25.7 Å². The zero-order chi connectivity index (χ0) is 13.9. The number of rotatable bonds is 2. The van der Waals surface area contributed by atoms with Gasteiger partial charge in [-0.1, -0.05) is 32.0 Å². The molecule has 3 nitrogen and oxygen atoms in total. The molecule has 1 aliphatic rings. The molecule has 19 heavy (non-hydrogen) atoms. The van der Waals surface area contributed by atoms with Crippen molar-refractivity contribution < 1.29 is 0 Å². The second-order valence-electron chi connectivity index (χ2n) is 6.31. The number of nitrogens with zero attached hydrogens (tertiary/aromatic N) is 2. The first kappa shape index (κ1) is 13.9. The molecule has 1 aromatic carbocycles. The van der Waals surface area contributed by atoms with E-state index in [9.17, 15) is 0 Å². The van der Waals surface area contributed by atoms with Gasteiger partial charge in [0.05, 0.1) is 5.69 Å². The molecule has 1 saturated carbocycles. The molecule has 2 rings (SSSR count). The Morgan fingerprint density at radius 3 is 2.37 bits per heavy atom. The molecule has 0 unspecified atom stereocenters. The van der Waals surface area contributed by atoms with E-state index in [0.29, 0.717) is 17.4 Å². The zero-order valence-corrected chi connectivity index (χ0v) is 12.3. The molecule has 1 fully saturated rings. The second kappa shape index (κ2) is 5.64. The third-order valence-electron chi connectivity index (χ3n) is 4.22. The molecule has 0 bridgehead atoms. The van der Waals surface area contributed by atoms with Crippen LogP contribution in [0.25, 0.3) is 0 Å². The number of benzene rings is 1. The average molecular weight is 259 g/mol. The Morgan fingerprint density at radius 2 is 1.79 bits per heavy atom. The minimum absolute atomic E-state index is 0.489. The molecular weight excluding hydrogens is 234 g/mol. The van der Waals surface area contributed by atoms with E-state index in [0.717, 1.165) is 5.69 Å². The number of hydrogen-bond donors (Lipinski definition) is 1. The molecule has 3 heteroatoms. The highest BCUT2D eigenvalue weighted by Gasteiger charge is 2.29. The number of hydrogen-bond acceptors (Lipinski definition) is 1. The smallest absolute Gasteiger partial charge is 0.196 e. The van der Waals surface area contributed by atoms with Gasteiger partial charge in [-0.2, -0.15) is 0 Å². The molecule has 0 atom stereocenters. The van der Waals surface area contributed by atoms with Crippen molar-refractivity contribution in [2.24, 2.45) is 16.1 Å². The fourth-order valence-electron chi connectivity index (χ4n) is 2.67. The average Bonchev–Trinajstić information content (AvgIpc) is 2.39. The summed E-state index contributed by atoms with van der Waals surface area (Å²) in [5.74, 6) is 0.621. The Hall–Kier alpha value is -1.51. The fourth-order valence-corrected chi connectivity index (χ4v) is 2.67. The van der Waals surface area contributed by atoms with Crippen LogP contribution in [0.3, 0.4) is 0 Å². The summed E-state index contributed by atoms with van der Waals surface area (Å²) in [6.45, 7) is 4.70. The highest BCUT2D eigenvalue weighted by atomic mass is 15.3. The monoisotopic (exact) mass is 259 g/mol. The van der Waals surface area contributed by atoms with E-state index in [4.69, 9.17) is 5.73 Å². The van der Waals surface area contributed by atoms with Crippen LogP contribution in [0.5, 0.6) is 0 Å². The molecular formula is C16H25N3. The van der Waals surface area contributed by atoms with Crippen molar-refractivity contribution in [3.05, 3.63) is 30.3 Å². The number of aliphatic imine (C=N–C) groups is 1. The maximum Gasteiger partial charge on any atom is 0.196 e. The van der Waals surface area contributed by atoms with Crippen LogP contribution in [-0.4, -0.2) is 23.9 Å². The predicted octanol–water partition coefficient (Wildman–Crippen LogP) is 3.53. The number of guanidine groups is 1. The van der Waals surface area contributed by atoms with Crippen LogP contribution in [0.1, 0.15) is 39.5 Å². The van der Waals surface area contributed by atoms with Gasteiger partial charge in [0.1, 0.15) is 0 Å². The van der Waals surface area contributed by atoms with Crippen LogP contribution in [0.4, 0.5) is 5.69 Å². The van der Waals surface area contributed by atoms with Crippen molar-refractivity contribution in [3.63, 3.8) is 0 Å². The lowest BCUT2D eigenvalue weighted by molar-refractivity contribution is 0.168. The summed E-state index contributed by atoms with van der Waals surface area (Å²) in [5, 5.41) is 0. The van der Waals surface area contributed by atoms with Crippen molar-refractivity contribution in [2.45, 2.75) is 45.6 Å². The predicted molar refractivity (Wildman–Crippen MR) is 81.5 cm³/mol. The fraction of sp³-hybridized carbons (Fsp3) is 0.562. The van der Waals surface area contributed by atoms with Crippen molar-refractivity contribution in [3.8, 4) is 0 Å². The summed E-state index contributed by atoms with van der Waals surface area (Å²) < 4.78 is 0. The SMILES string of the molecule is CN(C(N)=Nc1ccccc1)C1CCC(C)(C)CC1. The topological polar surface area (TPSA) is 41.6 Å². The molecule has 0 aliphatic heterocycles. The Kier molecular flexibility index (Phi) is 4.13. The number of nitrogens with two attached hydrogens (primary N) is 1. The number of para-hydroxylation sites is 1. The molecule has 1 aliphatic carbocycles. The normalized spacial score (nSPS) is 20.3. The lowest BCUT2D eigenvalue weighted by atomic mass is 9.75. The molecule has 104 valence electrons. The Bertz CT molecular complexity index is 427. The first-order chi connectivity index (χ1) is 8.98. The minimum Gasteiger partial charge on any atom is -0.369 e. The van der Waals surface area contributed by atoms with E-state index in [1.807, 2.05) is 30.3 Å². The van der Waals surface area contributed by atoms with Crippen molar-refractivity contribution >= 4 is 11.6 Å². The lowest BCUT2D eigenvalue weighted by Crippen LogP contribution is -2.44. The summed E-state index contributed by atoms with van der Waals surface area (Å²) >= 11 is 0. The minimum atomic E-state index is 0.489. The van der Waals surface area contributed by atoms with Gasteiger partial charge in [0.15, 0.2) is 5.96 Å². The van der Waals surface area contributed by atoms with Gasteiger partial charge < -0.3 is 10.6 Å². The quantitative estimate of drug-likeness (QED) is 0.652. The van der Waals surface area contributed by atoms with Crippen LogP contribution in [0.15, 0.2) is 35.3 Å². The molecule has 2 N–H and O–H groups in total. The zero-order valence-electron chi connectivity index (χ0n) is 12.3. The van der Waals surface area contributed by atoms with Crippen LogP contribution in [-0.2, 0) is 0 Å². The molecule has 1 aromatic rings. The highest BCUT2D eigenvalue weighted by Crippen LogP contribution is 2.36. The van der Waals surface area contributed by atoms with E-state index in [-0.39, 0.29) is 0 Å². The molecule has 0 spiro atoms. The largest absolute Gasteiger partial charge is 0.369 e. The first-order valence-corrected chi connectivity index (χ1v) is 7.10. The van der Waals surface area contributed by atoms with Gasteiger partial charge in [-0.25, -0.2) is 4.99 Å². The maximum atomic E-state index is 6.12. The summed E-state index contributed by atoms with van der Waals surface area (Å²) in [5.41, 5.74) is 7.53. The summed E-state index contributed by atoms with van der Waals surface area (Å²) in [7, 11) is 2.06. The van der Waals surface area contributed by atoms with Gasteiger partial charge in [-0.15, -0.1) is 0 Å². The molecule has 0 aromatic heterocycles. The van der Waals surface area contributed by atoms with Gasteiger partial charge in [-0.3, -0.25) is 0 Å². The first-order valence-electron chi connectivity index (χ1n) is 7.10. The van der Waals surface area contributed by atoms with Crippen LogP contribution < -0.4 is 5.73 Å². The molecule has 0 amide bonds. The molecule has 0 saturated heterocycles. The molecule has 0 radical (unpaired) electrons. The van der Waals surface area contributed by atoms with Gasteiger partial charge in [0, 0.05) is 13.1 Å². The van der Waals surface area contributed by atoms with Gasteiger partial charge in [-0.05, 0) is 43.2 Å². The van der Waals surface area contributed by atoms with Crippen LogP contribution in [0.2, 0.25) is 0 Å². The van der Waals surface area contributed by atoms with Crippen molar-refractivity contribution in [1.29, 1.82) is 0 Å². The van der Waals surface area contributed by atoms with E-state index >= 15 is 0 Å². The second-order valence-corrected chi connectivity index (χ2v) is 6.31. The third-order valence-corrected chi connectivity index (χ3v) is 4.22. The van der Waals surface area contributed by atoms with Crippen molar-refractivity contribution in [1.82, 2.24) is 4.90 Å². The summed E-state index contributed by atoms with van der Waals surface area (Å²) in [6, 6.07) is 10.4. The van der Waals surface area contributed by atoms with Gasteiger partial charge in [0.25, 0.3) is 0 Å². The van der Waals surface area contributed by atoms with Crippen LogP contribution >= 0.6 is 0 Å². The third kappa shape index (κ3) is 3.72. The summed E-state index contributed by atoms with van der Waals surface area (Å²) in [6.07, 6.45) is 4.93. The Balaban J connectivity index is 2.00. The van der Waals surface area contributed by atoms with E-state index < -0.39 is 0 Å². The van der Waals surface area contributed by atoms with E-state index in [2.05, 4.69) is 30.8 Å². The standard InChI is InChI=1S/C16H25N3/c1-16(2)11-9-14(10-12-16)19(3)15(17)18-13-7-5-4-6-8-13/h4-8,14H,9-12H2,1-3H3,(H2,17,18). The molecule has 0 heterocycles. The maximum absolute atomic E-state index is 6.12. The van der Waals surface area contributed by atoms with Gasteiger partial charge >= 0.3 is 0 Å². The Labute approximate surface area is 116 Å². The van der Waals surface area contributed by atoms with Crippen LogP contribution in [0, 0.1) is 5.41 Å². The Morgan fingerprint density at radius 1 is 1.21 bits per heavy atom.